The van der Waals surface area contributed by atoms with Gasteiger partial charge in [0, 0.05) is 23.7 Å². The molecule has 1 aromatic heterocycles. The maximum atomic E-state index is 13.6. The van der Waals surface area contributed by atoms with Crippen LogP contribution < -0.4 is 0 Å². The molecule has 3 nitrogen and oxygen atoms in total. The lowest BCUT2D eigenvalue weighted by Crippen LogP contribution is -2.52. The molecule has 0 unspecified atom stereocenters. The molecular formula is C26H38N2O. The first-order chi connectivity index (χ1) is 13.9. The molecule has 158 valence electrons. The monoisotopic (exact) mass is 394 g/mol. The molecule has 3 heteroatoms. The van der Waals surface area contributed by atoms with Crippen LogP contribution in [0.3, 0.4) is 0 Å². The second-order valence-corrected chi connectivity index (χ2v) is 11.1. The summed E-state index contributed by atoms with van der Waals surface area (Å²) in [6.07, 6.45) is 16.2. The Morgan fingerprint density at radius 3 is 2.72 bits per heavy atom. The molecule has 0 bridgehead atoms. The number of nitrogens with zero attached hydrogens (tertiary/aromatic N) is 2. The van der Waals surface area contributed by atoms with Crippen molar-refractivity contribution in [3.8, 4) is 0 Å². The number of allylic oxidation sites excluding steroid dienone is 1. The number of fused-ring (bicyclic) bond motifs is 5. The second-order valence-electron chi connectivity index (χ2n) is 11.1. The number of aryl methyl sites for hydroxylation is 2. The molecule has 0 aliphatic heterocycles. The van der Waals surface area contributed by atoms with Crippen LogP contribution in [0, 0.1) is 41.4 Å². The number of Topliss-reactive ketones (excluding diaryl/α,β-unsaturated/α-hetero) is 1. The minimum Gasteiger partial charge on any atom is -0.294 e. The molecule has 4 aliphatic carbocycles. The Balaban J connectivity index is 1.46. The fourth-order valence-electron chi connectivity index (χ4n) is 8.12. The zero-order chi connectivity index (χ0) is 20.4. The van der Waals surface area contributed by atoms with Gasteiger partial charge >= 0.3 is 0 Å². The summed E-state index contributed by atoms with van der Waals surface area (Å²) in [4.78, 5) is 13.6. The fourth-order valence-corrected chi connectivity index (χ4v) is 8.12. The molecule has 0 spiro atoms. The maximum absolute atomic E-state index is 13.6. The van der Waals surface area contributed by atoms with Crippen LogP contribution in [0.5, 0.6) is 0 Å². The van der Waals surface area contributed by atoms with Gasteiger partial charge in [-0.2, -0.15) is 5.10 Å². The van der Waals surface area contributed by atoms with Crippen LogP contribution in [0.4, 0.5) is 0 Å². The van der Waals surface area contributed by atoms with E-state index in [0.717, 1.165) is 54.0 Å². The average Bonchev–Trinajstić information content (AvgIpc) is 3.19. The summed E-state index contributed by atoms with van der Waals surface area (Å²) in [7, 11) is 0. The quantitative estimate of drug-likeness (QED) is 0.559. The number of hydrogen-bond donors (Lipinski definition) is 0. The van der Waals surface area contributed by atoms with E-state index in [-0.39, 0.29) is 5.41 Å². The van der Waals surface area contributed by atoms with Gasteiger partial charge in [0.25, 0.3) is 0 Å². The molecule has 0 amide bonds. The Kier molecular flexibility index (Phi) is 4.60. The molecule has 4 saturated carbocycles. The largest absolute Gasteiger partial charge is 0.294 e. The van der Waals surface area contributed by atoms with Gasteiger partial charge in [-0.25, -0.2) is 0 Å². The van der Waals surface area contributed by atoms with Crippen LogP contribution in [0.15, 0.2) is 11.8 Å². The zero-order valence-corrected chi connectivity index (χ0v) is 18.8. The van der Waals surface area contributed by atoms with E-state index in [1.807, 2.05) is 4.68 Å². The molecule has 4 aliphatic rings. The average molecular weight is 395 g/mol. The van der Waals surface area contributed by atoms with Gasteiger partial charge in [0.1, 0.15) is 0 Å². The number of rotatable bonds is 2. The molecule has 6 atom stereocenters. The molecule has 0 aromatic carbocycles. The lowest BCUT2D eigenvalue weighted by atomic mass is 9.45. The highest BCUT2D eigenvalue weighted by Crippen LogP contribution is 2.66. The minimum atomic E-state index is -0.125. The van der Waals surface area contributed by atoms with Crippen molar-refractivity contribution in [2.24, 2.45) is 34.5 Å². The van der Waals surface area contributed by atoms with Gasteiger partial charge in [-0.15, -0.1) is 0 Å². The number of hydrogen-bond acceptors (Lipinski definition) is 2. The molecule has 1 aromatic rings. The number of carbonyl (C=O) groups excluding carboxylic acids is 1. The first-order valence-electron chi connectivity index (χ1n) is 12.2. The third-order valence-electron chi connectivity index (χ3n) is 9.86. The van der Waals surface area contributed by atoms with E-state index in [2.05, 4.69) is 45.1 Å². The van der Waals surface area contributed by atoms with Gasteiger partial charge in [-0.05, 0) is 99.5 Å². The van der Waals surface area contributed by atoms with E-state index in [1.54, 1.807) is 0 Å². The van der Waals surface area contributed by atoms with Crippen LogP contribution in [0.1, 0.15) is 89.8 Å². The Morgan fingerprint density at radius 1 is 1.14 bits per heavy atom. The van der Waals surface area contributed by atoms with Crippen molar-refractivity contribution in [3.63, 3.8) is 0 Å². The van der Waals surface area contributed by atoms with Gasteiger partial charge in [0.05, 0.1) is 5.69 Å². The predicted octanol–water partition coefficient (Wildman–Crippen LogP) is 6.21. The van der Waals surface area contributed by atoms with E-state index >= 15 is 0 Å². The Labute approximate surface area is 176 Å². The normalized spacial score (nSPS) is 43.2. The molecular weight excluding hydrogens is 356 g/mol. The van der Waals surface area contributed by atoms with Gasteiger partial charge in [-0.3, -0.25) is 9.48 Å². The van der Waals surface area contributed by atoms with Crippen LogP contribution in [0.2, 0.25) is 0 Å². The highest BCUT2D eigenvalue weighted by Gasteiger charge is 2.60. The number of ketones is 1. The summed E-state index contributed by atoms with van der Waals surface area (Å²) in [5.41, 5.74) is 3.67. The third-order valence-corrected chi connectivity index (χ3v) is 9.86. The van der Waals surface area contributed by atoms with Crippen LogP contribution in [0.25, 0.3) is 6.08 Å². The summed E-state index contributed by atoms with van der Waals surface area (Å²) in [5, 5.41) is 4.58. The molecule has 29 heavy (non-hydrogen) atoms. The third kappa shape index (κ3) is 2.82. The van der Waals surface area contributed by atoms with Crippen molar-refractivity contribution in [2.45, 2.75) is 92.0 Å². The van der Waals surface area contributed by atoms with E-state index in [0.29, 0.717) is 17.1 Å². The molecule has 4 fully saturated rings. The molecule has 0 N–H and O–H groups in total. The van der Waals surface area contributed by atoms with Crippen LogP contribution in [-0.2, 0) is 11.3 Å². The number of carbonyl (C=O) groups is 1. The van der Waals surface area contributed by atoms with Crippen molar-refractivity contribution >= 4 is 11.9 Å². The van der Waals surface area contributed by atoms with Crippen molar-refractivity contribution in [1.29, 1.82) is 0 Å². The highest BCUT2D eigenvalue weighted by molar-refractivity contribution is 6.06. The maximum Gasteiger partial charge on any atom is 0.165 e. The van der Waals surface area contributed by atoms with E-state index < -0.39 is 0 Å². The lowest BCUT2D eigenvalue weighted by Gasteiger charge is -2.59. The van der Waals surface area contributed by atoms with Gasteiger partial charge in [-0.1, -0.05) is 26.7 Å². The van der Waals surface area contributed by atoms with E-state index in [4.69, 9.17) is 0 Å². The summed E-state index contributed by atoms with van der Waals surface area (Å²) in [6, 6.07) is 0. The second kappa shape index (κ2) is 6.82. The molecule has 5 rings (SSSR count). The van der Waals surface area contributed by atoms with Crippen LogP contribution >= 0.6 is 0 Å². The standard InChI is InChI=1S/C26H38N2O/c1-5-28-16-19(17(2)27-28)14-18-15-23-21-10-9-20-8-6-7-12-25(20,3)22(21)11-13-26(23,4)24(18)29/h14,16,20-23H,5-13,15H2,1-4H3/b18-14-/t20-,21+,22-,23-,25+,26+/m1/s1. The first kappa shape index (κ1) is 19.6. The summed E-state index contributed by atoms with van der Waals surface area (Å²) in [5.74, 6) is 3.54. The summed E-state index contributed by atoms with van der Waals surface area (Å²) < 4.78 is 1.98. The SMILES string of the molecule is CCn1cc(/C=C2/C[C@@H]3[C@H]4CC[C@H]5CCCC[C@]5(C)[C@@H]4CC[C@]3(C)C2=O)c(C)n1. The molecule has 1 heterocycles. The topological polar surface area (TPSA) is 34.9 Å². The van der Waals surface area contributed by atoms with Gasteiger partial charge < -0.3 is 0 Å². The lowest BCUT2D eigenvalue weighted by molar-refractivity contribution is -0.137. The molecule has 0 saturated heterocycles. The smallest absolute Gasteiger partial charge is 0.165 e. The van der Waals surface area contributed by atoms with Gasteiger partial charge in [0.15, 0.2) is 5.78 Å². The van der Waals surface area contributed by atoms with Crippen molar-refractivity contribution in [1.82, 2.24) is 9.78 Å². The van der Waals surface area contributed by atoms with Gasteiger partial charge in [0.2, 0.25) is 0 Å². The highest BCUT2D eigenvalue weighted by atomic mass is 16.1. The van der Waals surface area contributed by atoms with E-state index in [1.165, 1.54) is 44.9 Å². The van der Waals surface area contributed by atoms with Crippen molar-refractivity contribution < 1.29 is 4.79 Å². The van der Waals surface area contributed by atoms with Crippen molar-refractivity contribution in [2.75, 3.05) is 0 Å². The van der Waals surface area contributed by atoms with Crippen molar-refractivity contribution in [3.05, 3.63) is 23.0 Å². The summed E-state index contributed by atoms with van der Waals surface area (Å²) in [6.45, 7) is 9.97. The Bertz CT molecular complexity index is 851. The fraction of sp³-hybridized carbons (Fsp3) is 0.769. The van der Waals surface area contributed by atoms with E-state index in [9.17, 15) is 4.79 Å². The summed E-state index contributed by atoms with van der Waals surface area (Å²) >= 11 is 0. The Morgan fingerprint density at radius 2 is 1.97 bits per heavy atom. The predicted molar refractivity (Wildman–Crippen MR) is 117 cm³/mol. The van der Waals surface area contributed by atoms with Crippen LogP contribution in [-0.4, -0.2) is 15.6 Å². The minimum absolute atomic E-state index is 0.125. The first-order valence-corrected chi connectivity index (χ1v) is 12.2. The molecule has 0 radical (unpaired) electrons. The Hall–Kier alpha value is -1.38. The zero-order valence-electron chi connectivity index (χ0n) is 18.8. The number of aromatic nitrogens is 2.